The van der Waals surface area contributed by atoms with E-state index < -0.39 is 5.60 Å². The summed E-state index contributed by atoms with van der Waals surface area (Å²) < 4.78 is 5.53. The van der Waals surface area contributed by atoms with Gasteiger partial charge in [0.15, 0.2) is 0 Å². The molecule has 0 aliphatic carbocycles. The van der Waals surface area contributed by atoms with Gasteiger partial charge in [-0.2, -0.15) is 0 Å². The molecule has 0 radical (unpaired) electrons. The molecule has 2 fully saturated rings. The lowest BCUT2D eigenvalue weighted by Crippen LogP contribution is -2.51. The van der Waals surface area contributed by atoms with Crippen molar-refractivity contribution in [3.8, 4) is 0 Å². The number of ether oxygens (including phenoxy) is 1. The lowest BCUT2D eigenvalue weighted by Gasteiger charge is -2.39. The van der Waals surface area contributed by atoms with Crippen molar-refractivity contribution in [1.29, 1.82) is 0 Å². The summed E-state index contributed by atoms with van der Waals surface area (Å²) in [5.74, 6) is 0.458. The molecule has 160 valence electrons. The number of hydrogen-bond donors (Lipinski definition) is 1. The Bertz CT molecular complexity index is 723. The summed E-state index contributed by atoms with van der Waals surface area (Å²) in [5.41, 5.74) is 6.61. The molecule has 2 aliphatic heterocycles. The zero-order valence-corrected chi connectivity index (χ0v) is 17.9. The number of rotatable bonds is 3. The minimum Gasteiger partial charge on any atom is -0.444 e. The third kappa shape index (κ3) is 5.85. The number of para-hydroxylation sites is 1. The summed E-state index contributed by atoms with van der Waals surface area (Å²) in [5, 5.41) is 0. The molecule has 0 bridgehead atoms. The number of anilines is 1. The van der Waals surface area contributed by atoms with Crippen molar-refractivity contribution in [2.24, 2.45) is 5.92 Å². The molecule has 2 heterocycles. The quantitative estimate of drug-likeness (QED) is 0.787. The molecular weight excluding hydrogens is 368 g/mol. The molecule has 1 unspecified atom stereocenters. The highest BCUT2D eigenvalue weighted by molar-refractivity contribution is 5.99. The van der Waals surface area contributed by atoms with Crippen LogP contribution in [0.15, 0.2) is 24.3 Å². The number of nitrogen functional groups attached to an aromatic ring is 1. The SMILES string of the molecule is CC(C)(C)OC(=O)N1CCCC(CN2CCN(C(=O)c3ccccc3N)CC2)C1. The first-order valence-electron chi connectivity index (χ1n) is 10.6. The molecule has 2 amide bonds. The van der Waals surface area contributed by atoms with Gasteiger partial charge in [0.1, 0.15) is 5.60 Å². The van der Waals surface area contributed by atoms with E-state index in [1.54, 1.807) is 12.1 Å². The smallest absolute Gasteiger partial charge is 0.410 e. The molecule has 7 heteroatoms. The van der Waals surface area contributed by atoms with Crippen molar-refractivity contribution in [3.63, 3.8) is 0 Å². The van der Waals surface area contributed by atoms with E-state index in [1.165, 1.54) is 0 Å². The lowest BCUT2D eigenvalue weighted by atomic mass is 9.97. The molecule has 0 saturated carbocycles. The van der Waals surface area contributed by atoms with Crippen LogP contribution < -0.4 is 5.73 Å². The van der Waals surface area contributed by atoms with Gasteiger partial charge >= 0.3 is 6.09 Å². The van der Waals surface area contributed by atoms with Crippen LogP contribution in [0, 0.1) is 5.92 Å². The van der Waals surface area contributed by atoms with Crippen molar-refractivity contribution in [1.82, 2.24) is 14.7 Å². The number of carbonyl (C=O) groups excluding carboxylic acids is 2. The molecule has 0 aromatic heterocycles. The number of benzene rings is 1. The van der Waals surface area contributed by atoms with Gasteiger partial charge in [-0.25, -0.2) is 4.79 Å². The van der Waals surface area contributed by atoms with E-state index in [0.29, 0.717) is 30.3 Å². The Morgan fingerprint density at radius 3 is 2.41 bits per heavy atom. The van der Waals surface area contributed by atoms with Gasteiger partial charge in [-0.1, -0.05) is 12.1 Å². The van der Waals surface area contributed by atoms with E-state index in [-0.39, 0.29) is 12.0 Å². The Balaban J connectivity index is 1.47. The second-order valence-corrected chi connectivity index (χ2v) is 9.11. The molecule has 7 nitrogen and oxygen atoms in total. The molecule has 2 aliphatic rings. The van der Waals surface area contributed by atoms with Gasteiger partial charge in [-0.15, -0.1) is 0 Å². The predicted octanol–water partition coefficient (Wildman–Crippen LogP) is 2.67. The molecule has 1 atom stereocenters. The van der Waals surface area contributed by atoms with Crippen LogP contribution in [0.4, 0.5) is 10.5 Å². The van der Waals surface area contributed by atoms with E-state index >= 15 is 0 Å². The average Bonchev–Trinajstić information content (AvgIpc) is 2.67. The topological polar surface area (TPSA) is 79.1 Å². The number of amides is 2. The van der Waals surface area contributed by atoms with Gasteiger partial charge in [0.2, 0.25) is 0 Å². The Kier molecular flexibility index (Phi) is 6.67. The first-order valence-corrected chi connectivity index (χ1v) is 10.6. The van der Waals surface area contributed by atoms with Gasteiger partial charge < -0.3 is 20.3 Å². The van der Waals surface area contributed by atoms with Crippen molar-refractivity contribution in [3.05, 3.63) is 29.8 Å². The second kappa shape index (κ2) is 9.03. The monoisotopic (exact) mass is 402 g/mol. The van der Waals surface area contributed by atoms with Crippen LogP contribution in [0.3, 0.4) is 0 Å². The van der Waals surface area contributed by atoms with Crippen LogP contribution in [-0.4, -0.2) is 78.1 Å². The van der Waals surface area contributed by atoms with E-state index in [2.05, 4.69) is 4.90 Å². The molecule has 29 heavy (non-hydrogen) atoms. The third-order valence-corrected chi connectivity index (χ3v) is 5.54. The fourth-order valence-corrected chi connectivity index (χ4v) is 4.07. The maximum Gasteiger partial charge on any atom is 0.410 e. The molecule has 1 aromatic rings. The van der Waals surface area contributed by atoms with Crippen LogP contribution >= 0.6 is 0 Å². The number of piperidine rings is 1. The molecule has 0 spiro atoms. The summed E-state index contributed by atoms with van der Waals surface area (Å²) >= 11 is 0. The first-order chi connectivity index (χ1) is 13.7. The highest BCUT2D eigenvalue weighted by atomic mass is 16.6. The van der Waals surface area contributed by atoms with Crippen LogP contribution in [-0.2, 0) is 4.74 Å². The van der Waals surface area contributed by atoms with Crippen LogP contribution in [0.25, 0.3) is 0 Å². The fourth-order valence-electron chi connectivity index (χ4n) is 4.07. The van der Waals surface area contributed by atoms with Gasteiger partial charge in [0, 0.05) is 51.5 Å². The normalized spacial score (nSPS) is 21.1. The molecule has 2 N–H and O–H groups in total. The summed E-state index contributed by atoms with van der Waals surface area (Å²) in [6.45, 7) is 11.3. The summed E-state index contributed by atoms with van der Waals surface area (Å²) in [4.78, 5) is 31.2. The van der Waals surface area contributed by atoms with Crippen molar-refractivity contribution in [2.75, 3.05) is 51.5 Å². The van der Waals surface area contributed by atoms with Gasteiger partial charge in [-0.05, 0) is 51.7 Å². The van der Waals surface area contributed by atoms with Crippen LogP contribution in [0.2, 0.25) is 0 Å². The van der Waals surface area contributed by atoms with Crippen LogP contribution in [0.5, 0.6) is 0 Å². The standard InChI is InChI=1S/C22H34N4O3/c1-22(2,3)29-21(28)26-10-6-7-17(16-26)15-24-11-13-25(14-12-24)20(27)18-8-4-5-9-19(18)23/h4-5,8-9,17H,6-7,10-16,23H2,1-3H3. The molecule has 2 saturated heterocycles. The van der Waals surface area contributed by atoms with E-state index in [1.807, 2.05) is 42.7 Å². The van der Waals surface area contributed by atoms with Crippen molar-refractivity contribution >= 4 is 17.7 Å². The molecule has 3 rings (SSSR count). The summed E-state index contributed by atoms with van der Waals surface area (Å²) in [6, 6.07) is 7.24. The number of piperazine rings is 1. The van der Waals surface area contributed by atoms with E-state index in [4.69, 9.17) is 10.5 Å². The Hall–Kier alpha value is -2.28. The molecular formula is C22H34N4O3. The van der Waals surface area contributed by atoms with Crippen molar-refractivity contribution in [2.45, 2.75) is 39.2 Å². The van der Waals surface area contributed by atoms with Crippen LogP contribution in [0.1, 0.15) is 44.0 Å². The Morgan fingerprint density at radius 1 is 1.07 bits per heavy atom. The maximum atomic E-state index is 12.7. The molecule has 1 aromatic carbocycles. The van der Waals surface area contributed by atoms with E-state index in [9.17, 15) is 9.59 Å². The third-order valence-electron chi connectivity index (χ3n) is 5.54. The van der Waals surface area contributed by atoms with E-state index in [0.717, 1.165) is 45.6 Å². The first kappa shape index (κ1) is 21.4. The minimum absolute atomic E-state index is 0.0107. The Morgan fingerprint density at radius 2 is 1.76 bits per heavy atom. The predicted molar refractivity (Wildman–Crippen MR) is 114 cm³/mol. The average molecular weight is 403 g/mol. The number of likely N-dealkylation sites (tertiary alicyclic amines) is 1. The maximum absolute atomic E-state index is 12.7. The fraction of sp³-hybridized carbons (Fsp3) is 0.636. The number of hydrogen-bond acceptors (Lipinski definition) is 5. The number of nitrogens with zero attached hydrogens (tertiary/aromatic N) is 3. The minimum atomic E-state index is -0.463. The zero-order valence-electron chi connectivity index (χ0n) is 17.9. The Labute approximate surface area is 173 Å². The largest absolute Gasteiger partial charge is 0.444 e. The number of nitrogens with two attached hydrogens (primary N) is 1. The number of carbonyl (C=O) groups is 2. The highest BCUT2D eigenvalue weighted by Gasteiger charge is 2.30. The summed E-state index contributed by atoms with van der Waals surface area (Å²) in [6.07, 6.45) is 1.92. The lowest BCUT2D eigenvalue weighted by molar-refractivity contribution is 0.0129. The van der Waals surface area contributed by atoms with Gasteiger partial charge in [0.25, 0.3) is 5.91 Å². The van der Waals surface area contributed by atoms with Gasteiger partial charge in [0.05, 0.1) is 5.56 Å². The summed E-state index contributed by atoms with van der Waals surface area (Å²) in [7, 11) is 0. The van der Waals surface area contributed by atoms with Crippen molar-refractivity contribution < 1.29 is 14.3 Å². The second-order valence-electron chi connectivity index (χ2n) is 9.11. The zero-order chi connectivity index (χ0) is 21.0. The highest BCUT2D eigenvalue weighted by Crippen LogP contribution is 2.21. The van der Waals surface area contributed by atoms with Gasteiger partial charge in [-0.3, -0.25) is 9.69 Å².